The smallest absolute Gasteiger partial charge is 0.286 e. The molecule has 1 fully saturated rings. The number of nitrogens with one attached hydrogen (secondary N) is 2. The second-order valence-electron chi connectivity index (χ2n) is 5.32. The van der Waals surface area contributed by atoms with Gasteiger partial charge in [-0.1, -0.05) is 0 Å². The van der Waals surface area contributed by atoms with Crippen LogP contribution in [0.2, 0.25) is 0 Å². The molecule has 8 heteroatoms. The van der Waals surface area contributed by atoms with E-state index in [-0.39, 0.29) is 22.7 Å². The lowest BCUT2D eigenvalue weighted by Gasteiger charge is -2.12. The first kappa shape index (κ1) is 17.0. The van der Waals surface area contributed by atoms with Gasteiger partial charge in [-0.3, -0.25) is 14.9 Å². The fourth-order valence-electron chi connectivity index (χ4n) is 2.66. The summed E-state index contributed by atoms with van der Waals surface area (Å²) < 4.78 is 10.2. The van der Waals surface area contributed by atoms with Gasteiger partial charge in [0.15, 0.2) is 11.5 Å². The Morgan fingerprint density at radius 1 is 1.39 bits per heavy atom. The third-order valence-corrected chi connectivity index (χ3v) is 3.88. The van der Waals surface area contributed by atoms with Crippen molar-refractivity contribution in [2.75, 3.05) is 27.3 Å². The summed E-state index contributed by atoms with van der Waals surface area (Å²) in [4.78, 5) is 22.9. The van der Waals surface area contributed by atoms with Gasteiger partial charge in [0, 0.05) is 18.7 Å². The Labute approximate surface area is 134 Å². The highest BCUT2D eigenvalue weighted by Gasteiger charge is 2.24. The SMILES string of the molecule is COc1cc(C(=O)NCC[C@H]2CCCN2)c([N+](=O)[O-])cc1OC. The van der Waals surface area contributed by atoms with Crippen molar-refractivity contribution in [3.05, 3.63) is 27.8 Å². The minimum Gasteiger partial charge on any atom is -0.493 e. The quantitative estimate of drug-likeness (QED) is 0.582. The lowest BCUT2D eigenvalue weighted by Crippen LogP contribution is -2.31. The standard InChI is InChI=1S/C15H21N3O5/c1-22-13-8-11(12(18(20)21)9-14(13)23-2)15(19)17-7-5-10-4-3-6-16-10/h8-10,16H,3-7H2,1-2H3,(H,17,19)/t10-/m1/s1. The minimum atomic E-state index is -0.602. The fraction of sp³-hybridized carbons (Fsp3) is 0.533. The predicted octanol–water partition coefficient (Wildman–Crippen LogP) is 1.48. The van der Waals surface area contributed by atoms with Gasteiger partial charge in [0.1, 0.15) is 5.56 Å². The van der Waals surface area contributed by atoms with Crippen LogP contribution in [0.4, 0.5) is 5.69 Å². The number of rotatable bonds is 7. The molecule has 0 aliphatic carbocycles. The molecule has 1 aliphatic rings. The molecule has 0 saturated carbocycles. The molecule has 1 aliphatic heterocycles. The topological polar surface area (TPSA) is 103 Å². The maximum absolute atomic E-state index is 12.3. The second kappa shape index (κ2) is 7.77. The summed E-state index contributed by atoms with van der Waals surface area (Å²) in [6.45, 7) is 1.46. The summed E-state index contributed by atoms with van der Waals surface area (Å²) in [7, 11) is 2.80. The van der Waals surface area contributed by atoms with Gasteiger partial charge in [0.2, 0.25) is 0 Å². The van der Waals surface area contributed by atoms with E-state index in [1.165, 1.54) is 26.4 Å². The highest BCUT2D eigenvalue weighted by Crippen LogP contribution is 2.34. The van der Waals surface area contributed by atoms with E-state index in [0.29, 0.717) is 12.6 Å². The lowest BCUT2D eigenvalue weighted by atomic mass is 10.1. The third-order valence-electron chi connectivity index (χ3n) is 3.88. The number of methoxy groups -OCH3 is 2. The lowest BCUT2D eigenvalue weighted by molar-refractivity contribution is -0.385. The van der Waals surface area contributed by atoms with Gasteiger partial charge < -0.3 is 20.1 Å². The number of ether oxygens (including phenoxy) is 2. The first-order valence-electron chi connectivity index (χ1n) is 7.48. The largest absolute Gasteiger partial charge is 0.493 e. The van der Waals surface area contributed by atoms with E-state index in [2.05, 4.69) is 10.6 Å². The zero-order valence-electron chi connectivity index (χ0n) is 13.3. The predicted molar refractivity (Wildman–Crippen MR) is 84.2 cm³/mol. The van der Waals surface area contributed by atoms with Crippen molar-refractivity contribution in [1.29, 1.82) is 0 Å². The second-order valence-corrected chi connectivity index (χ2v) is 5.32. The van der Waals surface area contributed by atoms with Crippen LogP contribution < -0.4 is 20.1 Å². The maximum atomic E-state index is 12.3. The van der Waals surface area contributed by atoms with Gasteiger partial charge in [-0.2, -0.15) is 0 Å². The molecule has 126 valence electrons. The molecule has 0 radical (unpaired) electrons. The van der Waals surface area contributed by atoms with Crippen LogP contribution in [0.25, 0.3) is 0 Å². The Morgan fingerprint density at radius 2 is 2.09 bits per heavy atom. The summed E-state index contributed by atoms with van der Waals surface area (Å²) >= 11 is 0. The number of carbonyl (C=O) groups excluding carboxylic acids is 1. The maximum Gasteiger partial charge on any atom is 0.286 e. The molecule has 0 unspecified atom stereocenters. The van der Waals surface area contributed by atoms with E-state index in [4.69, 9.17) is 9.47 Å². The van der Waals surface area contributed by atoms with Gasteiger partial charge >= 0.3 is 0 Å². The molecule has 1 amide bonds. The molecule has 1 aromatic carbocycles. The van der Waals surface area contributed by atoms with Crippen molar-refractivity contribution in [1.82, 2.24) is 10.6 Å². The normalized spacial score (nSPS) is 16.9. The van der Waals surface area contributed by atoms with E-state index in [0.717, 1.165) is 25.8 Å². The molecule has 2 rings (SSSR count). The van der Waals surface area contributed by atoms with Gasteiger partial charge in [-0.25, -0.2) is 0 Å². The van der Waals surface area contributed by atoms with E-state index in [9.17, 15) is 14.9 Å². The zero-order chi connectivity index (χ0) is 16.8. The van der Waals surface area contributed by atoms with Crippen LogP contribution in [0.5, 0.6) is 11.5 Å². The van der Waals surface area contributed by atoms with E-state index >= 15 is 0 Å². The van der Waals surface area contributed by atoms with Crippen molar-refractivity contribution >= 4 is 11.6 Å². The van der Waals surface area contributed by atoms with Crippen LogP contribution >= 0.6 is 0 Å². The molecule has 23 heavy (non-hydrogen) atoms. The number of benzene rings is 1. The fourth-order valence-corrected chi connectivity index (χ4v) is 2.66. The molecule has 1 saturated heterocycles. The number of carbonyl (C=O) groups is 1. The first-order valence-corrected chi connectivity index (χ1v) is 7.48. The third kappa shape index (κ3) is 4.10. The molecule has 1 atom stereocenters. The molecule has 8 nitrogen and oxygen atoms in total. The van der Waals surface area contributed by atoms with Crippen molar-refractivity contribution in [3.63, 3.8) is 0 Å². The summed E-state index contributed by atoms with van der Waals surface area (Å²) in [5, 5.41) is 17.3. The summed E-state index contributed by atoms with van der Waals surface area (Å²) in [5.74, 6) is 0.00210. The van der Waals surface area contributed by atoms with Crippen molar-refractivity contribution in [2.45, 2.75) is 25.3 Å². The average molecular weight is 323 g/mol. The number of nitro groups is 1. The van der Waals surface area contributed by atoms with Crippen molar-refractivity contribution in [3.8, 4) is 11.5 Å². The van der Waals surface area contributed by atoms with E-state index < -0.39 is 10.8 Å². The monoisotopic (exact) mass is 323 g/mol. The van der Waals surface area contributed by atoms with E-state index in [1.54, 1.807) is 0 Å². The summed E-state index contributed by atoms with van der Waals surface area (Å²) in [5.41, 5.74) is -0.342. The van der Waals surface area contributed by atoms with Crippen LogP contribution in [0.15, 0.2) is 12.1 Å². The van der Waals surface area contributed by atoms with Gasteiger partial charge in [-0.05, 0) is 25.8 Å². The number of hydrogen-bond acceptors (Lipinski definition) is 6. The Hall–Kier alpha value is -2.35. The van der Waals surface area contributed by atoms with Crippen LogP contribution in [0, 0.1) is 10.1 Å². The molecule has 0 spiro atoms. The summed E-state index contributed by atoms with van der Waals surface area (Å²) in [6, 6.07) is 2.93. The number of nitrogens with zero attached hydrogens (tertiary/aromatic N) is 1. The van der Waals surface area contributed by atoms with Crippen LogP contribution in [-0.4, -0.2) is 44.2 Å². The minimum absolute atomic E-state index is 0.0352. The van der Waals surface area contributed by atoms with Gasteiger partial charge in [0.25, 0.3) is 11.6 Å². The van der Waals surface area contributed by atoms with Crippen molar-refractivity contribution in [2.24, 2.45) is 0 Å². The molecule has 0 bridgehead atoms. The number of amides is 1. The Kier molecular flexibility index (Phi) is 5.75. The molecular formula is C15H21N3O5. The van der Waals surface area contributed by atoms with E-state index in [1.807, 2.05) is 0 Å². The van der Waals surface area contributed by atoms with Gasteiger partial charge in [0.05, 0.1) is 25.2 Å². The van der Waals surface area contributed by atoms with Crippen LogP contribution in [-0.2, 0) is 0 Å². The average Bonchev–Trinajstić information content (AvgIpc) is 3.06. The van der Waals surface area contributed by atoms with Crippen LogP contribution in [0.1, 0.15) is 29.6 Å². The highest BCUT2D eigenvalue weighted by molar-refractivity contribution is 5.99. The molecule has 0 aromatic heterocycles. The molecule has 1 aromatic rings. The Bertz CT molecular complexity index is 585. The number of hydrogen-bond donors (Lipinski definition) is 2. The highest BCUT2D eigenvalue weighted by atomic mass is 16.6. The van der Waals surface area contributed by atoms with Crippen LogP contribution in [0.3, 0.4) is 0 Å². The Morgan fingerprint density at radius 3 is 2.65 bits per heavy atom. The zero-order valence-corrected chi connectivity index (χ0v) is 13.3. The number of nitro benzene ring substituents is 1. The van der Waals surface area contributed by atoms with Gasteiger partial charge in [-0.15, -0.1) is 0 Å². The molecular weight excluding hydrogens is 302 g/mol. The summed E-state index contributed by atoms with van der Waals surface area (Å²) in [6.07, 6.45) is 3.03. The first-order chi connectivity index (χ1) is 11.1. The Balaban J connectivity index is 2.12. The molecule has 2 N–H and O–H groups in total. The molecule has 1 heterocycles. The van der Waals surface area contributed by atoms with Crippen molar-refractivity contribution < 1.29 is 19.2 Å².